The van der Waals surface area contributed by atoms with Crippen LogP contribution >= 0.6 is 0 Å². The van der Waals surface area contributed by atoms with Crippen molar-refractivity contribution >= 4 is 17.7 Å². The van der Waals surface area contributed by atoms with E-state index in [4.69, 9.17) is 14.2 Å². The number of ketones is 1. The maximum absolute atomic E-state index is 13.2. The van der Waals surface area contributed by atoms with Crippen LogP contribution in [0.15, 0.2) is 35.9 Å². The number of benzene rings is 1. The SMILES string of the molecule is COc1ccc(C(=O)O[C@H]2C=C(C)CC[C@]34OC(=O)[C@H](C)[C@H]3CC(=O)[C@]24C)cc1. The molecule has 2 fully saturated rings. The number of methoxy groups -OCH3 is 1. The number of allylic oxidation sites excluding steroid dienone is 1. The van der Waals surface area contributed by atoms with E-state index in [0.717, 1.165) is 5.57 Å². The first-order chi connectivity index (χ1) is 13.7. The third-order valence-corrected chi connectivity index (χ3v) is 7.18. The van der Waals surface area contributed by atoms with Crippen molar-refractivity contribution in [2.45, 2.75) is 51.7 Å². The van der Waals surface area contributed by atoms with Crippen LogP contribution in [-0.4, -0.2) is 36.5 Å². The normalized spacial score (nSPS) is 35.9. The Labute approximate surface area is 170 Å². The zero-order valence-electron chi connectivity index (χ0n) is 17.2. The van der Waals surface area contributed by atoms with E-state index in [1.807, 2.05) is 19.9 Å². The van der Waals surface area contributed by atoms with Gasteiger partial charge in [-0.3, -0.25) is 9.59 Å². The van der Waals surface area contributed by atoms with Gasteiger partial charge in [-0.25, -0.2) is 4.79 Å². The van der Waals surface area contributed by atoms with Crippen molar-refractivity contribution in [2.75, 3.05) is 7.11 Å². The molecule has 1 heterocycles. The molecule has 4 rings (SSSR count). The van der Waals surface area contributed by atoms with E-state index in [2.05, 4.69) is 0 Å². The molecular formula is C23H26O6. The monoisotopic (exact) mass is 398 g/mol. The van der Waals surface area contributed by atoms with Crippen LogP contribution < -0.4 is 4.74 Å². The van der Waals surface area contributed by atoms with Gasteiger partial charge in [0.15, 0.2) is 0 Å². The first kappa shape index (κ1) is 19.7. The number of carbonyl (C=O) groups excluding carboxylic acids is 3. The Morgan fingerprint density at radius 3 is 2.55 bits per heavy atom. The Kier molecular flexibility index (Phi) is 4.56. The highest BCUT2D eigenvalue weighted by molar-refractivity contribution is 5.95. The van der Waals surface area contributed by atoms with Gasteiger partial charge in [-0.05, 0) is 57.0 Å². The van der Waals surface area contributed by atoms with Gasteiger partial charge in [-0.2, -0.15) is 0 Å². The second kappa shape index (κ2) is 6.71. The van der Waals surface area contributed by atoms with E-state index in [1.165, 1.54) is 0 Å². The summed E-state index contributed by atoms with van der Waals surface area (Å²) in [6, 6.07) is 6.63. The molecule has 1 spiro atoms. The van der Waals surface area contributed by atoms with Gasteiger partial charge in [0.05, 0.1) is 18.6 Å². The Balaban J connectivity index is 1.71. The van der Waals surface area contributed by atoms with E-state index in [1.54, 1.807) is 38.3 Å². The quantitative estimate of drug-likeness (QED) is 0.573. The van der Waals surface area contributed by atoms with Crippen LogP contribution in [0.2, 0.25) is 0 Å². The molecule has 0 amide bonds. The molecule has 2 aliphatic carbocycles. The van der Waals surface area contributed by atoms with Crippen molar-refractivity contribution in [3.8, 4) is 5.75 Å². The summed E-state index contributed by atoms with van der Waals surface area (Å²) in [5.74, 6) is -0.688. The maximum atomic E-state index is 13.2. The zero-order valence-corrected chi connectivity index (χ0v) is 17.2. The molecule has 0 unspecified atom stereocenters. The molecule has 1 aromatic carbocycles. The number of Topliss-reactive ketones (excluding diaryl/α,β-unsaturated/α-hetero) is 1. The summed E-state index contributed by atoms with van der Waals surface area (Å²) in [6.07, 6.45) is 2.58. The van der Waals surface area contributed by atoms with Gasteiger partial charge in [-0.15, -0.1) is 0 Å². The van der Waals surface area contributed by atoms with Crippen molar-refractivity contribution in [1.29, 1.82) is 0 Å². The minimum atomic E-state index is -1.10. The topological polar surface area (TPSA) is 78.9 Å². The van der Waals surface area contributed by atoms with Gasteiger partial charge in [0, 0.05) is 12.3 Å². The fraction of sp³-hybridized carbons (Fsp3) is 0.522. The first-order valence-electron chi connectivity index (χ1n) is 10.0. The summed E-state index contributed by atoms with van der Waals surface area (Å²) in [6.45, 7) is 5.57. The average molecular weight is 398 g/mol. The van der Waals surface area contributed by atoms with Crippen LogP contribution in [0.3, 0.4) is 0 Å². The predicted octanol–water partition coefficient (Wildman–Crippen LogP) is 3.49. The highest BCUT2D eigenvalue weighted by Gasteiger charge is 2.73. The Morgan fingerprint density at radius 1 is 1.21 bits per heavy atom. The molecule has 0 bridgehead atoms. The second-order valence-corrected chi connectivity index (χ2v) is 8.60. The Bertz CT molecular complexity index is 900. The minimum Gasteiger partial charge on any atom is -0.497 e. The highest BCUT2D eigenvalue weighted by Crippen LogP contribution is 2.62. The van der Waals surface area contributed by atoms with Gasteiger partial charge in [-0.1, -0.05) is 12.5 Å². The lowest BCUT2D eigenvalue weighted by Crippen LogP contribution is -2.55. The predicted molar refractivity (Wildman–Crippen MR) is 104 cm³/mol. The summed E-state index contributed by atoms with van der Waals surface area (Å²) in [5.41, 5.74) is -0.639. The fourth-order valence-electron chi connectivity index (χ4n) is 5.25. The van der Waals surface area contributed by atoms with E-state index >= 15 is 0 Å². The van der Waals surface area contributed by atoms with Crippen LogP contribution in [0.5, 0.6) is 5.75 Å². The van der Waals surface area contributed by atoms with E-state index in [0.29, 0.717) is 24.2 Å². The van der Waals surface area contributed by atoms with Crippen LogP contribution in [0, 0.1) is 17.3 Å². The lowest BCUT2D eigenvalue weighted by molar-refractivity contribution is -0.171. The molecule has 6 nitrogen and oxygen atoms in total. The number of hydrogen-bond donors (Lipinski definition) is 0. The smallest absolute Gasteiger partial charge is 0.338 e. The van der Waals surface area contributed by atoms with E-state index in [-0.39, 0.29) is 30.0 Å². The third kappa shape index (κ3) is 2.72. The van der Waals surface area contributed by atoms with Crippen LogP contribution in [0.4, 0.5) is 0 Å². The Hall–Kier alpha value is -2.63. The molecule has 1 saturated heterocycles. The standard InChI is InChI=1S/C23H26O6/c1-13-9-10-23-17(14(2)20(25)29-23)12-18(24)22(23,3)19(11-13)28-21(26)15-5-7-16(27-4)8-6-15/h5-8,11,14,17,19H,9-10,12H2,1-4H3/t14-,17-,19+,22-,23+/m1/s1. The summed E-state index contributed by atoms with van der Waals surface area (Å²) in [4.78, 5) is 38.5. The number of ether oxygens (including phenoxy) is 3. The molecule has 5 atom stereocenters. The molecule has 1 aromatic rings. The van der Waals surface area contributed by atoms with Gasteiger partial charge in [0.1, 0.15) is 28.7 Å². The van der Waals surface area contributed by atoms with Crippen molar-refractivity contribution < 1.29 is 28.6 Å². The molecule has 1 saturated carbocycles. The van der Waals surface area contributed by atoms with Gasteiger partial charge >= 0.3 is 11.9 Å². The lowest BCUT2D eigenvalue weighted by atomic mass is 9.67. The van der Waals surface area contributed by atoms with Crippen LogP contribution in [0.1, 0.15) is 50.4 Å². The number of rotatable bonds is 3. The van der Waals surface area contributed by atoms with Crippen LogP contribution in [0.25, 0.3) is 0 Å². The molecule has 154 valence electrons. The van der Waals surface area contributed by atoms with Crippen molar-refractivity contribution in [3.63, 3.8) is 0 Å². The van der Waals surface area contributed by atoms with E-state index < -0.39 is 23.1 Å². The molecule has 0 N–H and O–H groups in total. The van der Waals surface area contributed by atoms with Crippen molar-refractivity contribution in [3.05, 3.63) is 41.5 Å². The van der Waals surface area contributed by atoms with E-state index in [9.17, 15) is 14.4 Å². The third-order valence-electron chi connectivity index (χ3n) is 7.18. The number of esters is 2. The van der Waals surface area contributed by atoms with Gasteiger partial charge in [0.25, 0.3) is 0 Å². The molecule has 0 aromatic heterocycles. The average Bonchev–Trinajstić information content (AvgIpc) is 3.04. The van der Waals surface area contributed by atoms with Gasteiger partial charge < -0.3 is 14.2 Å². The van der Waals surface area contributed by atoms with Crippen molar-refractivity contribution in [1.82, 2.24) is 0 Å². The largest absolute Gasteiger partial charge is 0.497 e. The summed E-state index contributed by atoms with van der Waals surface area (Å²) < 4.78 is 17.0. The molecule has 0 radical (unpaired) electrons. The lowest BCUT2D eigenvalue weighted by Gasteiger charge is -2.43. The molecular weight excluding hydrogens is 372 g/mol. The summed E-state index contributed by atoms with van der Waals surface area (Å²) in [5, 5.41) is 0. The second-order valence-electron chi connectivity index (χ2n) is 8.60. The van der Waals surface area contributed by atoms with Gasteiger partial charge in [0.2, 0.25) is 0 Å². The molecule has 1 aliphatic heterocycles. The molecule has 3 aliphatic rings. The van der Waals surface area contributed by atoms with Crippen molar-refractivity contribution in [2.24, 2.45) is 17.3 Å². The van der Waals surface area contributed by atoms with Crippen LogP contribution in [-0.2, 0) is 19.1 Å². The fourth-order valence-corrected chi connectivity index (χ4v) is 5.25. The molecule has 6 heteroatoms. The highest BCUT2D eigenvalue weighted by atomic mass is 16.6. The maximum Gasteiger partial charge on any atom is 0.338 e. The first-order valence-corrected chi connectivity index (χ1v) is 10.0. The minimum absolute atomic E-state index is 0.0136. The molecule has 29 heavy (non-hydrogen) atoms. The number of carbonyl (C=O) groups is 3. The Morgan fingerprint density at radius 2 is 1.90 bits per heavy atom. The summed E-state index contributed by atoms with van der Waals surface area (Å²) in [7, 11) is 1.55. The number of hydrogen-bond acceptors (Lipinski definition) is 6. The summed E-state index contributed by atoms with van der Waals surface area (Å²) >= 11 is 0. The zero-order chi connectivity index (χ0) is 21.0.